The van der Waals surface area contributed by atoms with Crippen LogP contribution in [0.15, 0.2) is 12.3 Å². The zero-order valence-electron chi connectivity index (χ0n) is 11.9. The largest absolute Gasteiger partial charge is 0.468 e. The van der Waals surface area contributed by atoms with Crippen LogP contribution in [0.5, 0.6) is 5.88 Å². The van der Waals surface area contributed by atoms with Crippen molar-refractivity contribution in [2.45, 2.75) is 38.4 Å². The van der Waals surface area contributed by atoms with Crippen LogP contribution >= 0.6 is 0 Å². The molecular formula is C14H19N3O3. The van der Waals surface area contributed by atoms with E-state index < -0.39 is 11.7 Å². The highest BCUT2D eigenvalue weighted by Crippen LogP contribution is 2.36. The minimum absolute atomic E-state index is 0.125. The third kappa shape index (κ3) is 2.56. The molecule has 1 fully saturated rings. The van der Waals surface area contributed by atoms with Crippen LogP contribution in [0.4, 0.5) is 10.5 Å². The fraction of sp³-hybridized carbons (Fsp3) is 0.571. The molecule has 0 unspecified atom stereocenters. The summed E-state index contributed by atoms with van der Waals surface area (Å²) in [5, 5.41) is 5.91. The van der Waals surface area contributed by atoms with E-state index in [1.807, 2.05) is 26.8 Å². The normalized spacial score (nSPS) is 18.9. The van der Waals surface area contributed by atoms with Gasteiger partial charge in [0.15, 0.2) is 0 Å². The predicted molar refractivity (Wildman–Crippen MR) is 74.0 cm³/mol. The minimum atomic E-state index is -0.515. The summed E-state index contributed by atoms with van der Waals surface area (Å²) in [5.41, 5.74) is 1.02. The zero-order chi connectivity index (χ0) is 14.4. The molecule has 0 aromatic carbocycles. The van der Waals surface area contributed by atoms with Crippen molar-refractivity contribution in [2.24, 2.45) is 0 Å². The molecule has 0 aliphatic carbocycles. The molecule has 1 spiro atoms. The van der Waals surface area contributed by atoms with E-state index in [0.717, 1.165) is 25.1 Å². The fourth-order valence-corrected chi connectivity index (χ4v) is 2.40. The number of amides is 1. The molecule has 0 radical (unpaired) electrons. The van der Waals surface area contributed by atoms with Gasteiger partial charge in [-0.3, -0.25) is 5.32 Å². The first-order valence-corrected chi connectivity index (χ1v) is 6.74. The summed E-state index contributed by atoms with van der Waals surface area (Å²) >= 11 is 0. The van der Waals surface area contributed by atoms with Crippen molar-refractivity contribution < 1.29 is 14.3 Å². The van der Waals surface area contributed by atoms with Gasteiger partial charge in [-0.25, -0.2) is 9.78 Å². The Bertz CT molecular complexity index is 547. The fourth-order valence-electron chi connectivity index (χ4n) is 2.40. The van der Waals surface area contributed by atoms with E-state index in [0.29, 0.717) is 11.6 Å². The topological polar surface area (TPSA) is 72.5 Å². The van der Waals surface area contributed by atoms with Crippen molar-refractivity contribution in [1.82, 2.24) is 10.3 Å². The van der Waals surface area contributed by atoms with Gasteiger partial charge in [0, 0.05) is 25.1 Å². The molecule has 1 aromatic rings. The lowest BCUT2D eigenvalue weighted by Gasteiger charge is -2.37. The summed E-state index contributed by atoms with van der Waals surface area (Å²) in [6, 6.07) is 1.90. The molecule has 3 heterocycles. The number of anilines is 1. The smallest absolute Gasteiger partial charge is 0.412 e. The van der Waals surface area contributed by atoms with E-state index in [4.69, 9.17) is 9.47 Å². The van der Waals surface area contributed by atoms with Crippen molar-refractivity contribution in [3.63, 3.8) is 0 Å². The second-order valence-electron chi connectivity index (χ2n) is 6.38. The molecule has 0 bridgehead atoms. The third-order valence-electron chi connectivity index (χ3n) is 3.29. The molecule has 2 N–H and O–H groups in total. The van der Waals surface area contributed by atoms with Crippen LogP contribution in [0.25, 0.3) is 0 Å². The van der Waals surface area contributed by atoms with Gasteiger partial charge in [0.25, 0.3) is 0 Å². The van der Waals surface area contributed by atoms with Crippen LogP contribution in [0, 0.1) is 0 Å². The molecule has 20 heavy (non-hydrogen) atoms. The summed E-state index contributed by atoms with van der Waals surface area (Å²) in [6.07, 6.45) is 1.94. The van der Waals surface area contributed by atoms with Gasteiger partial charge in [0.05, 0.1) is 11.9 Å². The Labute approximate surface area is 117 Å². The lowest BCUT2D eigenvalue weighted by Crippen LogP contribution is -2.62. The Morgan fingerprint density at radius 1 is 1.50 bits per heavy atom. The number of rotatable bonds is 1. The van der Waals surface area contributed by atoms with E-state index in [1.54, 1.807) is 6.20 Å². The number of nitrogens with one attached hydrogen (secondary N) is 2. The molecular weight excluding hydrogens is 258 g/mol. The quantitative estimate of drug-likeness (QED) is 0.817. The summed E-state index contributed by atoms with van der Waals surface area (Å²) in [7, 11) is 0. The van der Waals surface area contributed by atoms with E-state index in [-0.39, 0.29) is 5.60 Å². The molecule has 1 aromatic heterocycles. The van der Waals surface area contributed by atoms with Crippen LogP contribution < -0.4 is 15.4 Å². The molecule has 1 saturated heterocycles. The summed E-state index contributed by atoms with van der Waals surface area (Å²) in [5.74, 6) is 0.668. The van der Waals surface area contributed by atoms with Gasteiger partial charge in [-0.1, -0.05) is 0 Å². The highest BCUT2D eigenvalue weighted by Gasteiger charge is 2.45. The van der Waals surface area contributed by atoms with Crippen molar-refractivity contribution in [3.8, 4) is 5.88 Å². The molecule has 108 valence electrons. The molecule has 3 rings (SSSR count). The number of ether oxygens (including phenoxy) is 2. The highest BCUT2D eigenvalue weighted by molar-refractivity contribution is 5.84. The second kappa shape index (κ2) is 4.34. The van der Waals surface area contributed by atoms with Crippen molar-refractivity contribution in [1.29, 1.82) is 0 Å². The Hall–Kier alpha value is -1.82. The van der Waals surface area contributed by atoms with Gasteiger partial charge in [-0.2, -0.15) is 0 Å². The van der Waals surface area contributed by atoms with Crippen LogP contribution in [-0.2, 0) is 11.2 Å². The molecule has 0 atom stereocenters. The maximum absolute atomic E-state index is 11.7. The van der Waals surface area contributed by atoms with Crippen molar-refractivity contribution in [2.75, 3.05) is 18.4 Å². The lowest BCUT2D eigenvalue weighted by atomic mass is 9.92. The van der Waals surface area contributed by atoms with E-state index >= 15 is 0 Å². The predicted octanol–water partition coefficient (Wildman–Crippen LogP) is 1.71. The van der Waals surface area contributed by atoms with Gasteiger partial charge in [0.1, 0.15) is 11.2 Å². The Morgan fingerprint density at radius 2 is 2.25 bits per heavy atom. The first-order valence-electron chi connectivity index (χ1n) is 6.74. The number of hydrogen-bond acceptors (Lipinski definition) is 5. The Morgan fingerprint density at radius 3 is 2.85 bits per heavy atom. The summed E-state index contributed by atoms with van der Waals surface area (Å²) in [4.78, 5) is 16.0. The minimum Gasteiger partial charge on any atom is -0.468 e. The first kappa shape index (κ1) is 13.2. The van der Waals surface area contributed by atoms with Gasteiger partial charge >= 0.3 is 6.09 Å². The summed E-state index contributed by atoms with van der Waals surface area (Å²) < 4.78 is 11.1. The Kier molecular flexibility index (Phi) is 2.86. The van der Waals surface area contributed by atoms with E-state index in [1.165, 1.54) is 0 Å². The number of carbonyl (C=O) groups excluding carboxylic acids is 1. The van der Waals surface area contributed by atoms with Crippen LogP contribution in [-0.4, -0.2) is 35.4 Å². The van der Waals surface area contributed by atoms with Gasteiger partial charge in [-0.15, -0.1) is 0 Å². The highest BCUT2D eigenvalue weighted by atomic mass is 16.6. The lowest BCUT2D eigenvalue weighted by molar-refractivity contribution is 0.0352. The van der Waals surface area contributed by atoms with Crippen molar-refractivity contribution in [3.05, 3.63) is 17.8 Å². The molecule has 6 nitrogen and oxygen atoms in total. The number of pyridine rings is 1. The van der Waals surface area contributed by atoms with Crippen molar-refractivity contribution >= 4 is 11.8 Å². The van der Waals surface area contributed by atoms with Gasteiger partial charge < -0.3 is 14.8 Å². The van der Waals surface area contributed by atoms with Gasteiger partial charge in [-0.05, 0) is 26.8 Å². The zero-order valence-corrected chi connectivity index (χ0v) is 11.9. The number of aromatic nitrogens is 1. The Balaban J connectivity index is 1.68. The summed E-state index contributed by atoms with van der Waals surface area (Å²) in [6.45, 7) is 7.18. The number of hydrogen-bond donors (Lipinski definition) is 2. The average Bonchev–Trinajstić information content (AvgIpc) is 2.64. The number of fused-ring (bicyclic) bond motifs is 1. The molecule has 1 amide bonds. The SMILES string of the molecule is CC(C)(C)OC(=O)Nc1cnc2c(c1)CC1(CNC1)O2. The molecule has 0 saturated carbocycles. The van der Waals surface area contributed by atoms with E-state index in [2.05, 4.69) is 15.6 Å². The third-order valence-corrected chi connectivity index (χ3v) is 3.29. The van der Waals surface area contributed by atoms with Crippen LogP contribution in [0.1, 0.15) is 26.3 Å². The van der Waals surface area contributed by atoms with E-state index in [9.17, 15) is 4.79 Å². The number of nitrogens with zero attached hydrogens (tertiary/aromatic N) is 1. The average molecular weight is 277 g/mol. The second-order valence-corrected chi connectivity index (χ2v) is 6.38. The molecule has 2 aliphatic rings. The maximum Gasteiger partial charge on any atom is 0.412 e. The maximum atomic E-state index is 11.7. The van der Waals surface area contributed by atoms with Crippen LogP contribution in [0.3, 0.4) is 0 Å². The molecule has 2 aliphatic heterocycles. The van der Waals surface area contributed by atoms with Crippen LogP contribution in [0.2, 0.25) is 0 Å². The molecule has 6 heteroatoms. The standard InChI is InChI=1S/C14H19N3O3/c1-13(2,3)20-12(18)17-10-4-9-5-14(7-15-8-14)19-11(9)16-6-10/h4,6,15H,5,7-8H2,1-3H3,(H,17,18). The monoisotopic (exact) mass is 277 g/mol. The van der Waals surface area contributed by atoms with Gasteiger partial charge in [0.2, 0.25) is 5.88 Å². The first-order chi connectivity index (χ1) is 9.35. The number of carbonyl (C=O) groups is 1.